The monoisotopic (exact) mass is 220 g/mol. The Bertz CT molecular complexity index is 373. The zero-order valence-electron chi connectivity index (χ0n) is 9.40. The molecule has 2 rings (SSSR count). The zero-order chi connectivity index (χ0) is 11.4. The van der Waals surface area contributed by atoms with Gasteiger partial charge in [0.25, 0.3) is 5.91 Å². The summed E-state index contributed by atoms with van der Waals surface area (Å²) >= 11 is 0. The number of amides is 1. The minimum Gasteiger partial charge on any atom is -0.497 e. The number of rotatable bonds is 2. The number of methoxy groups -OCH3 is 1. The van der Waals surface area contributed by atoms with Crippen molar-refractivity contribution in [1.29, 1.82) is 0 Å². The second-order valence-electron chi connectivity index (χ2n) is 3.77. The number of benzene rings is 1. The summed E-state index contributed by atoms with van der Waals surface area (Å²) in [5.41, 5.74) is 0.696. The Balaban J connectivity index is 2.12. The summed E-state index contributed by atoms with van der Waals surface area (Å²) in [6, 6.07) is 7.29. The van der Waals surface area contributed by atoms with Gasteiger partial charge in [-0.05, 0) is 18.2 Å². The number of ether oxygens (including phenoxy) is 1. The Morgan fingerprint density at radius 2 is 2.12 bits per heavy atom. The molecule has 86 valence electrons. The van der Waals surface area contributed by atoms with Gasteiger partial charge in [-0.3, -0.25) is 4.79 Å². The molecule has 1 amide bonds. The van der Waals surface area contributed by atoms with Crippen LogP contribution in [0.25, 0.3) is 0 Å². The Hall–Kier alpha value is -1.55. The Labute approximate surface area is 95.2 Å². The third-order valence-electron chi connectivity index (χ3n) is 2.72. The number of nitrogens with zero attached hydrogens (tertiary/aromatic N) is 1. The first-order valence-corrected chi connectivity index (χ1v) is 5.45. The predicted octanol–water partition coefficient (Wildman–Crippen LogP) is 0.741. The van der Waals surface area contributed by atoms with E-state index in [9.17, 15) is 4.79 Å². The van der Waals surface area contributed by atoms with E-state index in [1.165, 1.54) is 0 Å². The van der Waals surface area contributed by atoms with Crippen LogP contribution in [-0.2, 0) is 0 Å². The number of carbonyl (C=O) groups is 1. The summed E-state index contributed by atoms with van der Waals surface area (Å²) in [6.07, 6.45) is 0. The van der Waals surface area contributed by atoms with Gasteiger partial charge in [0.1, 0.15) is 5.75 Å². The van der Waals surface area contributed by atoms with E-state index in [2.05, 4.69) is 5.32 Å². The van der Waals surface area contributed by atoms with E-state index in [0.29, 0.717) is 5.56 Å². The van der Waals surface area contributed by atoms with Crippen molar-refractivity contribution in [2.45, 2.75) is 0 Å². The fourth-order valence-corrected chi connectivity index (χ4v) is 1.81. The van der Waals surface area contributed by atoms with E-state index < -0.39 is 0 Å². The van der Waals surface area contributed by atoms with Crippen molar-refractivity contribution < 1.29 is 9.53 Å². The Morgan fingerprint density at radius 1 is 1.38 bits per heavy atom. The van der Waals surface area contributed by atoms with Crippen LogP contribution >= 0.6 is 0 Å². The highest BCUT2D eigenvalue weighted by Crippen LogP contribution is 2.14. The summed E-state index contributed by atoms with van der Waals surface area (Å²) in [5.74, 6) is 0.807. The molecule has 1 aliphatic rings. The maximum absolute atomic E-state index is 12.1. The van der Waals surface area contributed by atoms with Crippen LogP contribution in [0.15, 0.2) is 24.3 Å². The van der Waals surface area contributed by atoms with E-state index in [4.69, 9.17) is 4.74 Å². The van der Waals surface area contributed by atoms with Gasteiger partial charge >= 0.3 is 0 Å². The van der Waals surface area contributed by atoms with Crippen molar-refractivity contribution in [1.82, 2.24) is 10.2 Å². The highest BCUT2D eigenvalue weighted by Gasteiger charge is 2.17. The molecule has 4 heteroatoms. The number of carbonyl (C=O) groups excluding carboxylic acids is 1. The number of hydrogen-bond acceptors (Lipinski definition) is 3. The van der Waals surface area contributed by atoms with E-state index in [0.717, 1.165) is 31.9 Å². The first-order chi connectivity index (χ1) is 7.81. The molecular weight excluding hydrogens is 204 g/mol. The number of hydrogen-bond donors (Lipinski definition) is 1. The average Bonchev–Trinajstić information content (AvgIpc) is 2.39. The summed E-state index contributed by atoms with van der Waals surface area (Å²) in [5, 5.41) is 3.23. The third-order valence-corrected chi connectivity index (χ3v) is 2.72. The molecule has 0 unspecified atom stereocenters. The minimum atomic E-state index is 0.0837. The van der Waals surface area contributed by atoms with Crippen LogP contribution in [0.3, 0.4) is 0 Å². The van der Waals surface area contributed by atoms with Crippen LogP contribution in [0.1, 0.15) is 10.4 Å². The molecule has 4 nitrogen and oxygen atoms in total. The average molecular weight is 220 g/mol. The molecule has 1 heterocycles. The van der Waals surface area contributed by atoms with Gasteiger partial charge in [-0.1, -0.05) is 6.07 Å². The molecule has 0 bridgehead atoms. The van der Waals surface area contributed by atoms with E-state index in [-0.39, 0.29) is 5.91 Å². The van der Waals surface area contributed by atoms with Crippen LogP contribution in [0, 0.1) is 0 Å². The van der Waals surface area contributed by atoms with Gasteiger partial charge in [-0.15, -0.1) is 0 Å². The van der Waals surface area contributed by atoms with Crippen molar-refractivity contribution in [2.75, 3.05) is 33.3 Å². The van der Waals surface area contributed by atoms with Crippen LogP contribution in [-0.4, -0.2) is 44.1 Å². The maximum Gasteiger partial charge on any atom is 0.254 e. The predicted molar refractivity (Wildman–Crippen MR) is 61.8 cm³/mol. The van der Waals surface area contributed by atoms with E-state index >= 15 is 0 Å². The normalized spacial score (nSPS) is 15.9. The van der Waals surface area contributed by atoms with Crippen molar-refractivity contribution in [2.24, 2.45) is 0 Å². The molecule has 0 aromatic heterocycles. The maximum atomic E-state index is 12.1. The van der Waals surface area contributed by atoms with Crippen molar-refractivity contribution >= 4 is 5.91 Å². The molecule has 1 aromatic rings. The highest BCUT2D eigenvalue weighted by atomic mass is 16.5. The largest absolute Gasteiger partial charge is 0.497 e. The molecule has 0 atom stereocenters. The molecule has 0 aliphatic carbocycles. The molecule has 1 aliphatic heterocycles. The lowest BCUT2D eigenvalue weighted by atomic mass is 10.2. The van der Waals surface area contributed by atoms with E-state index in [1.54, 1.807) is 13.2 Å². The van der Waals surface area contributed by atoms with Crippen molar-refractivity contribution in [3.8, 4) is 5.75 Å². The van der Waals surface area contributed by atoms with Crippen LogP contribution in [0.4, 0.5) is 0 Å². The molecule has 1 saturated heterocycles. The smallest absolute Gasteiger partial charge is 0.254 e. The molecule has 1 N–H and O–H groups in total. The lowest BCUT2D eigenvalue weighted by Gasteiger charge is -2.27. The summed E-state index contributed by atoms with van der Waals surface area (Å²) in [6.45, 7) is 3.29. The summed E-state index contributed by atoms with van der Waals surface area (Å²) in [4.78, 5) is 14.0. The lowest BCUT2D eigenvalue weighted by molar-refractivity contribution is 0.0735. The molecule has 16 heavy (non-hydrogen) atoms. The standard InChI is InChI=1S/C12H16N2O2/c1-16-11-4-2-3-10(9-11)12(15)14-7-5-13-6-8-14/h2-4,9,13H,5-8H2,1H3. The van der Waals surface area contributed by atoms with Gasteiger partial charge in [0.2, 0.25) is 0 Å². The van der Waals surface area contributed by atoms with Gasteiger partial charge in [0.05, 0.1) is 7.11 Å². The molecule has 0 spiro atoms. The molecule has 1 aromatic carbocycles. The van der Waals surface area contributed by atoms with Crippen molar-refractivity contribution in [3.05, 3.63) is 29.8 Å². The molecular formula is C12H16N2O2. The van der Waals surface area contributed by atoms with Gasteiger partial charge in [0.15, 0.2) is 0 Å². The Kier molecular flexibility index (Phi) is 3.41. The fraction of sp³-hybridized carbons (Fsp3) is 0.417. The fourth-order valence-electron chi connectivity index (χ4n) is 1.81. The van der Waals surface area contributed by atoms with Crippen LogP contribution in [0.2, 0.25) is 0 Å². The molecule has 0 saturated carbocycles. The lowest BCUT2D eigenvalue weighted by Crippen LogP contribution is -2.46. The van der Waals surface area contributed by atoms with Gasteiger partial charge < -0.3 is 15.0 Å². The van der Waals surface area contributed by atoms with Crippen molar-refractivity contribution in [3.63, 3.8) is 0 Å². The van der Waals surface area contributed by atoms with Crippen LogP contribution in [0.5, 0.6) is 5.75 Å². The SMILES string of the molecule is COc1cccc(C(=O)N2CCNCC2)c1. The summed E-state index contributed by atoms with van der Waals surface area (Å²) < 4.78 is 5.11. The highest BCUT2D eigenvalue weighted by molar-refractivity contribution is 5.94. The van der Waals surface area contributed by atoms with Gasteiger partial charge in [0, 0.05) is 31.7 Å². The number of piperazine rings is 1. The second-order valence-corrected chi connectivity index (χ2v) is 3.77. The van der Waals surface area contributed by atoms with E-state index in [1.807, 2.05) is 23.1 Å². The molecule has 0 radical (unpaired) electrons. The topological polar surface area (TPSA) is 41.6 Å². The third kappa shape index (κ3) is 2.33. The first-order valence-electron chi connectivity index (χ1n) is 5.45. The zero-order valence-corrected chi connectivity index (χ0v) is 9.40. The number of nitrogens with one attached hydrogen (secondary N) is 1. The quantitative estimate of drug-likeness (QED) is 0.799. The molecule has 1 fully saturated rings. The summed E-state index contributed by atoms with van der Waals surface area (Å²) in [7, 11) is 1.61. The minimum absolute atomic E-state index is 0.0837. The second kappa shape index (κ2) is 4.99. The van der Waals surface area contributed by atoms with Gasteiger partial charge in [-0.2, -0.15) is 0 Å². The van der Waals surface area contributed by atoms with Crippen LogP contribution < -0.4 is 10.1 Å². The first kappa shape index (κ1) is 11.0. The Morgan fingerprint density at radius 3 is 2.81 bits per heavy atom. The van der Waals surface area contributed by atoms with Gasteiger partial charge in [-0.25, -0.2) is 0 Å².